The number of pyridine rings is 1. The van der Waals surface area contributed by atoms with Crippen LogP contribution in [0.1, 0.15) is 11.3 Å². The topological polar surface area (TPSA) is 116 Å². The van der Waals surface area contributed by atoms with E-state index in [-0.39, 0.29) is 5.82 Å². The van der Waals surface area contributed by atoms with Crippen LogP contribution in [-0.2, 0) is 15.3 Å². The maximum absolute atomic E-state index is 11.9. The van der Waals surface area contributed by atoms with Crippen LogP contribution in [0.15, 0.2) is 41.8 Å². The van der Waals surface area contributed by atoms with E-state index in [1.807, 2.05) is 11.5 Å². The molecule has 1 amide bonds. The highest BCUT2D eigenvalue weighted by Crippen LogP contribution is 2.35. The Morgan fingerprint density at radius 3 is 2.22 bits per heavy atom. The Morgan fingerprint density at radius 2 is 1.66 bits per heavy atom. The molecule has 0 bridgehead atoms. The van der Waals surface area contributed by atoms with Crippen LogP contribution in [0.2, 0.25) is 0 Å². The first-order valence-corrected chi connectivity index (χ1v) is 10.3. The van der Waals surface area contributed by atoms with E-state index in [4.69, 9.17) is 24.1 Å². The summed E-state index contributed by atoms with van der Waals surface area (Å²) in [6.45, 7) is 0. The molecule has 0 aliphatic carbocycles. The van der Waals surface area contributed by atoms with Gasteiger partial charge < -0.3 is 29.4 Å². The van der Waals surface area contributed by atoms with Crippen molar-refractivity contribution in [1.82, 2.24) is 4.98 Å². The standard InChI is InChI=1S/C22H24N2O7S/c1-28-15-11-18(30-3)16(19(12-15)31-4)9-10-32-13-14-5-6-17(29-2)22(23-14)24-20(25)7-8-21(26)27/h5-12H,13H2,1-4H3,(H,26,27)(H,23,24,25)/b8-7-,10-9+. The summed E-state index contributed by atoms with van der Waals surface area (Å²) in [5.74, 6) is 1.07. The summed E-state index contributed by atoms with van der Waals surface area (Å²) in [7, 11) is 6.16. The number of hydrogen-bond acceptors (Lipinski definition) is 8. The number of hydrogen-bond donors (Lipinski definition) is 2. The number of methoxy groups -OCH3 is 4. The third-order valence-corrected chi connectivity index (χ3v) is 4.86. The van der Waals surface area contributed by atoms with Crippen LogP contribution in [-0.4, -0.2) is 50.4 Å². The van der Waals surface area contributed by atoms with E-state index in [1.165, 1.54) is 18.9 Å². The Kier molecular flexibility index (Phi) is 9.43. The Bertz CT molecular complexity index is 996. The van der Waals surface area contributed by atoms with Crippen molar-refractivity contribution >= 4 is 35.5 Å². The van der Waals surface area contributed by atoms with Crippen molar-refractivity contribution in [2.24, 2.45) is 0 Å². The first-order chi connectivity index (χ1) is 15.4. The van der Waals surface area contributed by atoms with Gasteiger partial charge in [-0.25, -0.2) is 9.78 Å². The average molecular weight is 461 g/mol. The van der Waals surface area contributed by atoms with Crippen molar-refractivity contribution in [3.63, 3.8) is 0 Å². The molecule has 0 unspecified atom stereocenters. The highest BCUT2D eigenvalue weighted by atomic mass is 32.2. The average Bonchev–Trinajstić information content (AvgIpc) is 2.80. The SMILES string of the molecule is COc1cc(OC)c(/C=C/SCc2ccc(OC)c(NC(=O)/C=C\C(=O)O)n2)c(OC)c1. The summed E-state index contributed by atoms with van der Waals surface area (Å²) in [5.41, 5.74) is 1.45. The number of rotatable bonds is 11. The molecule has 170 valence electrons. The lowest BCUT2D eigenvalue weighted by molar-refractivity contribution is -0.131. The molecule has 2 N–H and O–H groups in total. The summed E-state index contributed by atoms with van der Waals surface area (Å²) in [4.78, 5) is 26.8. The molecule has 2 rings (SSSR count). The van der Waals surface area contributed by atoms with E-state index in [0.29, 0.717) is 34.4 Å². The first-order valence-electron chi connectivity index (χ1n) is 9.25. The summed E-state index contributed by atoms with van der Waals surface area (Å²) in [5, 5.41) is 13.0. The molecule has 0 atom stereocenters. The Hall–Kier alpha value is -3.66. The number of carbonyl (C=O) groups excluding carboxylic acids is 1. The van der Waals surface area contributed by atoms with Gasteiger partial charge in [0.1, 0.15) is 17.2 Å². The van der Waals surface area contributed by atoms with Gasteiger partial charge in [-0.2, -0.15) is 0 Å². The zero-order chi connectivity index (χ0) is 23.5. The summed E-state index contributed by atoms with van der Waals surface area (Å²) >= 11 is 1.47. The van der Waals surface area contributed by atoms with Crippen molar-refractivity contribution < 1.29 is 33.6 Å². The number of carboxylic acid groups (broad SMARTS) is 1. The molecule has 32 heavy (non-hydrogen) atoms. The van der Waals surface area contributed by atoms with E-state index in [9.17, 15) is 9.59 Å². The lowest BCUT2D eigenvalue weighted by atomic mass is 10.1. The molecular weight excluding hydrogens is 436 g/mol. The minimum atomic E-state index is -1.22. The molecular formula is C22H24N2O7S. The zero-order valence-electron chi connectivity index (χ0n) is 18.1. The first kappa shape index (κ1) is 24.6. The van der Waals surface area contributed by atoms with Crippen LogP contribution >= 0.6 is 11.8 Å². The summed E-state index contributed by atoms with van der Waals surface area (Å²) in [6, 6.07) is 6.99. The molecule has 1 aromatic heterocycles. The van der Waals surface area contributed by atoms with Gasteiger partial charge >= 0.3 is 5.97 Å². The fourth-order valence-corrected chi connectivity index (χ4v) is 3.23. The molecule has 0 spiro atoms. The molecule has 2 aromatic rings. The van der Waals surface area contributed by atoms with Gasteiger partial charge in [0.05, 0.1) is 39.7 Å². The van der Waals surface area contributed by atoms with Gasteiger partial charge in [0.2, 0.25) is 5.91 Å². The van der Waals surface area contributed by atoms with Crippen molar-refractivity contribution in [2.75, 3.05) is 33.8 Å². The third-order valence-electron chi connectivity index (χ3n) is 4.07. The maximum Gasteiger partial charge on any atom is 0.328 e. The number of carboxylic acids is 1. The Labute approximate surface area is 190 Å². The van der Waals surface area contributed by atoms with Gasteiger partial charge in [-0.15, -0.1) is 11.8 Å². The number of benzene rings is 1. The van der Waals surface area contributed by atoms with Crippen LogP contribution in [0, 0.1) is 0 Å². The van der Waals surface area contributed by atoms with E-state index in [1.54, 1.807) is 45.6 Å². The van der Waals surface area contributed by atoms with Gasteiger partial charge in [-0.05, 0) is 23.6 Å². The molecule has 0 radical (unpaired) electrons. The Morgan fingerprint density at radius 1 is 1.00 bits per heavy atom. The minimum absolute atomic E-state index is 0.202. The second-order valence-corrected chi connectivity index (χ2v) is 6.97. The van der Waals surface area contributed by atoms with Crippen LogP contribution in [0.25, 0.3) is 6.08 Å². The molecule has 0 aliphatic rings. The predicted octanol–water partition coefficient (Wildman–Crippen LogP) is 3.60. The second kappa shape index (κ2) is 12.3. The van der Waals surface area contributed by atoms with Crippen LogP contribution in [0.3, 0.4) is 0 Å². The van der Waals surface area contributed by atoms with E-state index >= 15 is 0 Å². The third kappa shape index (κ3) is 6.95. The number of nitrogens with zero attached hydrogens (tertiary/aromatic N) is 1. The number of anilines is 1. The lowest BCUT2D eigenvalue weighted by Crippen LogP contribution is -2.11. The van der Waals surface area contributed by atoms with Gasteiger partial charge in [0.25, 0.3) is 0 Å². The zero-order valence-corrected chi connectivity index (χ0v) is 18.9. The number of aliphatic carboxylic acids is 1. The van der Waals surface area contributed by atoms with Crippen LogP contribution in [0.5, 0.6) is 23.0 Å². The molecule has 0 saturated carbocycles. The normalized spacial score (nSPS) is 10.9. The molecule has 10 heteroatoms. The van der Waals surface area contributed by atoms with Crippen molar-refractivity contribution in [3.8, 4) is 23.0 Å². The molecule has 0 saturated heterocycles. The number of thioether (sulfide) groups is 1. The smallest absolute Gasteiger partial charge is 0.328 e. The second-order valence-electron chi connectivity index (χ2n) is 6.07. The molecule has 0 fully saturated rings. The lowest BCUT2D eigenvalue weighted by Gasteiger charge is -2.12. The van der Waals surface area contributed by atoms with Crippen molar-refractivity contribution in [3.05, 3.63) is 53.1 Å². The largest absolute Gasteiger partial charge is 0.496 e. The minimum Gasteiger partial charge on any atom is -0.496 e. The maximum atomic E-state index is 11.9. The quantitative estimate of drug-likeness (QED) is 0.485. The highest BCUT2D eigenvalue weighted by molar-refractivity contribution is 8.01. The molecule has 1 heterocycles. The number of amides is 1. The predicted molar refractivity (Wildman–Crippen MR) is 123 cm³/mol. The fraction of sp³-hybridized carbons (Fsp3) is 0.227. The van der Waals surface area contributed by atoms with Crippen molar-refractivity contribution in [2.45, 2.75) is 5.75 Å². The van der Waals surface area contributed by atoms with Gasteiger partial charge in [-0.3, -0.25) is 4.79 Å². The van der Waals surface area contributed by atoms with E-state index in [2.05, 4.69) is 10.3 Å². The summed E-state index contributed by atoms with van der Waals surface area (Å²) < 4.78 is 21.3. The fourth-order valence-electron chi connectivity index (χ4n) is 2.57. The number of aromatic nitrogens is 1. The molecule has 0 aliphatic heterocycles. The highest BCUT2D eigenvalue weighted by Gasteiger charge is 2.11. The number of ether oxygens (including phenoxy) is 4. The van der Waals surface area contributed by atoms with Crippen molar-refractivity contribution in [1.29, 1.82) is 0 Å². The molecule has 9 nitrogen and oxygen atoms in total. The summed E-state index contributed by atoms with van der Waals surface area (Å²) in [6.07, 6.45) is 3.52. The van der Waals surface area contributed by atoms with Gasteiger partial charge in [0.15, 0.2) is 11.6 Å². The number of nitrogens with one attached hydrogen (secondary N) is 1. The van der Waals surface area contributed by atoms with Gasteiger partial charge in [-0.1, -0.05) is 0 Å². The Balaban J connectivity index is 2.12. The van der Waals surface area contributed by atoms with Gasteiger partial charge in [0, 0.05) is 30.0 Å². The van der Waals surface area contributed by atoms with E-state index < -0.39 is 11.9 Å². The van der Waals surface area contributed by atoms with Crippen LogP contribution < -0.4 is 24.3 Å². The molecule has 1 aromatic carbocycles. The van der Waals surface area contributed by atoms with E-state index in [0.717, 1.165) is 17.7 Å². The number of carbonyl (C=O) groups is 2. The monoisotopic (exact) mass is 460 g/mol. The van der Waals surface area contributed by atoms with Crippen LogP contribution in [0.4, 0.5) is 5.82 Å².